The van der Waals surface area contributed by atoms with E-state index in [2.05, 4.69) is 32.7 Å². The molecule has 0 aromatic carbocycles. The molecule has 0 saturated heterocycles. The van der Waals surface area contributed by atoms with Gasteiger partial charge in [-0.2, -0.15) is 0 Å². The Kier molecular flexibility index (Phi) is 3.51. The molecular weight excluding hydrogens is 201 g/mol. The number of hydrogen-bond donors (Lipinski definition) is 0. The zero-order valence-electron chi connectivity index (χ0n) is 11.0. The molecule has 0 spiro atoms. The van der Waals surface area contributed by atoms with E-state index in [-0.39, 0.29) is 11.2 Å². The molecule has 0 aliphatic carbocycles. The first-order chi connectivity index (χ1) is 7.21. The van der Waals surface area contributed by atoms with Gasteiger partial charge in [0.1, 0.15) is 5.82 Å². The molecule has 0 fully saturated rings. The van der Waals surface area contributed by atoms with Gasteiger partial charge in [0.2, 0.25) is 0 Å². The quantitative estimate of drug-likeness (QED) is 0.689. The summed E-state index contributed by atoms with van der Waals surface area (Å²) in [5.41, 5.74) is 3.54. The number of allylic oxidation sites excluding steroid dienone is 1. The van der Waals surface area contributed by atoms with Gasteiger partial charge < -0.3 is 0 Å². The minimum absolute atomic E-state index is 0.105. The minimum atomic E-state index is -0.237. The number of aromatic nitrogens is 1. The fourth-order valence-corrected chi connectivity index (χ4v) is 1.31. The van der Waals surface area contributed by atoms with Gasteiger partial charge in [-0.25, -0.2) is 4.39 Å². The van der Waals surface area contributed by atoms with Gasteiger partial charge >= 0.3 is 0 Å². The molecule has 0 saturated carbocycles. The van der Waals surface area contributed by atoms with E-state index in [1.165, 1.54) is 5.57 Å². The number of nitrogens with zero attached hydrogens (tertiary/aromatic N) is 1. The van der Waals surface area contributed by atoms with Crippen LogP contribution in [-0.2, 0) is 0 Å². The van der Waals surface area contributed by atoms with E-state index in [9.17, 15) is 4.39 Å². The molecule has 0 radical (unpaired) electrons. The number of rotatable bonds is 1. The van der Waals surface area contributed by atoms with Crippen molar-refractivity contribution in [1.82, 2.24) is 4.98 Å². The van der Waals surface area contributed by atoms with Gasteiger partial charge in [-0.1, -0.05) is 32.4 Å². The molecule has 0 bridgehead atoms. The topological polar surface area (TPSA) is 12.9 Å². The van der Waals surface area contributed by atoms with Gasteiger partial charge in [-0.15, -0.1) is 0 Å². The van der Waals surface area contributed by atoms with Crippen LogP contribution in [0.25, 0.3) is 6.08 Å². The molecular formula is C14H20FN. The zero-order valence-corrected chi connectivity index (χ0v) is 11.0. The Morgan fingerprint density at radius 2 is 1.81 bits per heavy atom. The lowest BCUT2D eigenvalue weighted by atomic mass is 9.86. The van der Waals surface area contributed by atoms with E-state index in [1.54, 1.807) is 13.0 Å². The summed E-state index contributed by atoms with van der Waals surface area (Å²) < 4.78 is 13.4. The molecule has 1 aromatic rings. The Morgan fingerprint density at radius 3 is 2.31 bits per heavy atom. The van der Waals surface area contributed by atoms with E-state index >= 15 is 0 Å². The van der Waals surface area contributed by atoms with Crippen molar-refractivity contribution in [3.8, 4) is 0 Å². The first kappa shape index (κ1) is 12.9. The number of aryl methyl sites for hydroxylation is 2. The second kappa shape index (κ2) is 4.36. The Balaban J connectivity index is 3.21. The van der Waals surface area contributed by atoms with Crippen LogP contribution in [0.5, 0.6) is 0 Å². The van der Waals surface area contributed by atoms with Crippen LogP contribution in [0.15, 0.2) is 11.6 Å². The minimum Gasteiger partial charge on any atom is -0.255 e. The maximum absolute atomic E-state index is 13.4. The van der Waals surface area contributed by atoms with Gasteiger partial charge in [0.25, 0.3) is 0 Å². The Hall–Kier alpha value is -1.18. The molecule has 0 amide bonds. The van der Waals surface area contributed by atoms with Crippen LogP contribution in [0.2, 0.25) is 0 Å². The summed E-state index contributed by atoms with van der Waals surface area (Å²) in [4.78, 5) is 4.19. The van der Waals surface area contributed by atoms with Crippen LogP contribution in [0, 0.1) is 25.1 Å². The predicted octanol–water partition coefficient (Wildman–Crippen LogP) is 4.29. The van der Waals surface area contributed by atoms with E-state index in [0.717, 1.165) is 11.3 Å². The highest BCUT2D eigenvalue weighted by Crippen LogP contribution is 2.27. The molecule has 1 rings (SSSR count). The second-order valence-corrected chi connectivity index (χ2v) is 5.31. The molecule has 1 nitrogen and oxygen atoms in total. The van der Waals surface area contributed by atoms with Crippen molar-refractivity contribution >= 4 is 6.08 Å². The third kappa shape index (κ3) is 2.91. The van der Waals surface area contributed by atoms with Crippen LogP contribution >= 0.6 is 0 Å². The molecule has 0 N–H and O–H groups in total. The zero-order chi connectivity index (χ0) is 12.5. The van der Waals surface area contributed by atoms with Crippen molar-refractivity contribution in [2.24, 2.45) is 5.41 Å². The molecule has 2 heteroatoms. The highest BCUT2D eigenvalue weighted by molar-refractivity contribution is 5.55. The van der Waals surface area contributed by atoms with Crippen LogP contribution in [-0.4, -0.2) is 4.98 Å². The molecule has 16 heavy (non-hydrogen) atoms. The lowest BCUT2D eigenvalue weighted by Gasteiger charge is -2.19. The standard InChI is InChI=1S/C14H20FN/c1-9(14(4,5)6)7-12-8-13(15)11(3)16-10(12)2/h7-8H,1-6H3/b9-7+. The Labute approximate surface area is 97.4 Å². The Bertz CT molecular complexity index is 425. The van der Waals surface area contributed by atoms with E-state index < -0.39 is 0 Å². The molecule has 0 atom stereocenters. The third-order valence-electron chi connectivity index (χ3n) is 2.94. The van der Waals surface area contributed by atoms with Gasteiger partial charge in [-0.05, 0) is 37.8 Å². The number of hydrogen-bond acceptors (Lipinski definition) is 1. The molecule has 1 aromatic heterocycles. The van der Waals surface area contributed by atoms with Crippen molar-refractivity contribution in [2.75, 3.05) is 0 Å². The number of pyridine rings is 1. The van der Waals surface area contributed by atoms with E-state index in [4.69, 9.17) is 0 Å². The van der Waals surface area contributed by atoms with Crippen LogP contribution in [0.4, 0.5) is 4.39 Å². The molecule has 0 aliphatic rings. The molecule has 88 valence electrons. The highest BCUT2D eigenvalue weighted by Gasteiger charge is 2.13. The fraction of sp³-hybridized carbons (Fsp3) is 0.500. The molecule has 0 unspecified atom stereocenters. The molecule has 1 heterocycles. The van der Waals surface area contributed by atoms with Crippen LogP contribution < -0.4 is 0 Å². The van der Waals surface area contributed by atoms with Crippen molar-refractivity contribution in [3.63, 3.8) is 0 Å². The lowest BCUT2D eigenvalue weighted by Crippen LogP contribution is -2.06. The van der Waals surface area contributed by atoms with E-state index in [0.29, 0.717) is 5.69 Å². The van der Waals surface area contributed by atoms with Crippen molar-refractivity contribution in [1.29, 1.82) is 0 Å². The summed E-state index contributed by atoms with van der Waals surface area (Å²) in [6.07, 6.45) is 2.02. The fourth-order valence-electron chi connectivity index (χ4n) is 1.31. The SMILES string of the molecule is C/C(=C\c1cc(F)c(C)nc1C)C(C)(C)C. The van der Waals surface area contributed by atoms with Crippen LogP contribution in [0.1, 0.15) is 44.6 Å². The summed E-state index contributed by atoms with van der Waals surface area (Å²) >= 11 is 0. The van der Waals surface area contributed by atoms with Crippen molar-refractivity contribution in [3.05, 3.63) is 34.4 Å². The van der Waals surface area contributed by atoms with Gasteiger partial charge in [0, 0.05) is 5.69 Å². The Morgan fingerprint density at radius 1 is 1.25 bits per heavy atom. The smallest absolute Gasteiger partial charge is 0.145 e. The number of halogens is 1. The molecule has 0 aliphatic heterocycles. The summed E-state index contributed by atoms with van der Waals surface area (Å²) in [6.45, 7) is 12.1. The first-order valence-electron chi connectivity index (χ1n) is 5.54. The maximum Gasteiger partial charge on any atom is 0.145 e. The largest absolute Gasteiger partial charge is 0.255 e. The predicted molar refractivity (Wildman–Crippen MR) is 66.8 cm³/mol. The summed E-state index contributed by atoms with van der Waals surface area (Å²) in [7, 11) is 0. The maximum atomic E-state index is 13.4. The van der Waals surface area contributed by atoms with Crippen LogP contribution in [0.3, 0.4) is 0 Å². The average molecular weight is 221 g/mol. The second-order valence-electron chi connectivity index (χ2n) is 5.31. The summed E-state index contributed by atoms with van der Waals surface area (Å²) in [5, 5.41) is 0. The summed E-state index contributed by atoms with van der Waals surface area (Å²) in [6, 6.07) is 1.56. The highest BCUT2D eigenvalue weighted by atomic mass is 19.1. The van der Waals surface area contributed by atoms with E-state index in [1.807, 2.05) is 13.0 Å². The van der Waals surface area contributed by atoms with Crippen molar-refractivity contribution < 1.29 is 4.39 Å². The van der Waals surface area contributed by atoms with Gasteiger partial charge in [-0.3, -0.25) is 4.98 Å². The summed E-state index contributed by atoms with van der Waals surface area (Å²) in [5.74, 6) is -0.237. The third-order valence-corrected chi connectivity index (χ3v) is 2.94. The van der Waals surface area contributed by atoms with Gasteiger partial charge in [0.15, 0.2) is 0 Å². The lowest BCUT2D eigenvalue weighted by molar-refractivity contribution is 0.508. The first-order valence-corrected chi connectivity index (χ1v) is 5.54. The normalized spacial score (nSPS) is 13.1. The monoisotopic (exact) mass is 221 g/mol. The van der Waals surface area contributed by atoms with Crippen molar-refractivity contribution in [2.45, 2.75) is 41.5 Å². The average Bonchev–Trinajstić information content (AvgIpc) is 2.12. The van der Waals surface area contributed by atoms with Gasteiger partial charge in [0.05, 0.1) is 5.69 Å².